The third kappa shape index (κ3) is 5.31. The Labute approximate surface area is 135 Å². The molecule has 1 saturated carbocycles. The summed E-state index contributed by atoms with van der Waals surface area (Å²) in [6.07, 6.45) is 2.04. The van der Waals surface area contributed by atoms with E-state index in [0.717, 1.165) is 12.8 Å². The Morgan fingerprint density at radius 3 is 2.68 bits per heavy atom. The van der Waals surface area contributed by atoms with E-state index in [9.17, 15) is 14.7 Å². The molecule has 0 spiro atoms. The molecule has 22 heavy (non-hydrogen) atoms. The van der Waals surface area contributed by atoms with Crippen molar-refractivity contribution in [2.45, 2.75) is 31.8 Å². The maximum atomic E-state index is 11.7. The van der Waals surface area contributed by atoms with Crippen molar-refractivity contribution < 1.29 is 14.7 Å². The molecule has 0 aliphatic heterocycles. The first-order valence-corrected chi connectivity index (χ1v) is 7.92. The summed E-state index contributed by atoms with van der Waals surface area (Å²) < 4.78 is 0. The molecule has 1 aliphatic carbocycles. The number of hydrogen-bond acceptors (Lipinski definition) is 3. The normalized spacial score (nSPS) is 15.2. The Balaban J connectivity index is 1.60. The van der Waals surface area contributed by atoms with Crippen LogP contribution in [0, 0.1) is 5.92 Å². The van der Waals surface area contributed by atoms with Gasteiger partial charge in [0, 0.05) is 36.0 Å². The van der Waals surface area contributed by atoms with Crippen LogP contribution in [0.5, 0.6) is 0 Å². The highest BCUT2D eigenvalue weighted by Gasteiger charge is 2.28. The molecule has 1 unspecified atom stereocenters. The molecule has 1 fully saturated rings. The Morgan fingerprint density at radius 2 is 2.00 bits per heavy atom. The van der Waals surface area contributed by atoms with E-state index in [1.165, 1.54) is 0 Å². The van der Waals surface area contributed by atoms with Crippen molar-refractivity contribution in [3.8, 4) is 0 Å². The molecule has 1 aromatic carbocycles. The molecule has 0 aromatic heterocycles. The molecule has 3 N–H and O–H groups in total. The smallest absolute Gasteiger partial charge is 0.223 e. The fourth-order valence-electron chi connectivity index (χ4n) is 2.10. The lowest BCUT2D eigenvalue weighted by molar-refractivity contribution is -0.123. The van der Waals surface area contributed by atoms with Crippen molar-refractivity contribution in [3.63, 3.8) is 0 Å². The van der Waals surface area contributed by atoms with Gasteiger partial charge in [-0.2, -0.15) is 0 Å². The zero-order chi connectivity index (χ0) is 15.9. The summed E-state index contributed by atoms with van der Waals surface area (Å²) in [6, 6.07) is 7.00. The van der Waals surface area contributed by atoms with Crippen LogP contribution in [0.4, 0.5) is 0 Å². The summed E-state index contributed by atoms with van der Waals surface area (Å²) in [6.45, 7) is 0.632. The molecule has 1 aliphatic rings. The predicted molar refractivity (Wildman–Crippen MR) is 84.4 cm³/mol. The first-order chi connectivity index (χ1) is 10.6. The number of benzene rings is 1. The monoisotopic (exact) mass is 324 g/mol. The minimum absolute atomic E-state index is 0.0922. The van der Waals surface area contributed by atoms with Gasteiger partial charge in [0.05, 0.1) is 6.10 Å². The van der Waals surface area contributed by atoms with Gasteiger partial charge in [-0.15, -0.1) is 0 Å². The zero-order valence-corrected chi connectivity index (χ0v) is 13.1. The maximum Gasteiger partial charge on any atom is 0.223 e. The topological polar surface area (TPSA) is 78.4 Å². The Kier molecular flexibility index (Phi) is 6.21. The average Bonchev–Trinajstić information content (AvgIpc) is 3.34. The van der Waals surface area contributed by atoms with Crippen LogP contribution in [0.1, 0.15) is 37.4 Å². The lowest BCUT2D eigenvalue weighted by atomic mass is 10.1. The van der Waals surface area contributed by atoms with Crippen molar-refractivity contribution in [1.29, 1.82) is 0 Å². The van der Waals surface area contributed by atoms with E-state index in [2.05, 4.69) is 10.6 Å². The van der Waals surface area contributed by atoms with Crippen LogP contribution in [0.3, 0.4) is 0 Å². The lowest BCUT2D eigenvalue weighted by Crippen LogP contribution is -2.30. The molecule has 1 atom stereocenters. The Bertz CT molecular complexity index is 532. The molecule has 2 amide bonds. The van der Waals surface area contributed by atoms with Crippen molar-refractivity contribution in [1.82, 2.24) is 10.6 Å². The number of carbonyl (C=O) groups excluding carboxylic acids is 2. The summed E-state index contributed by atoms with van der Waals surface area (Å²) >= 11 is 5.98. The van der Waals surface area contributed by atoms with E-state index >= 15 is 0 Å². The van der Waals surface area contributed by atoms with E-state index in [0.29, 0.717) is 30.0 Å². The second kappa shape index (κ2) is 8.15. The first kappa shape index (κ1) is 16.8. The molecule has 5 nitrogen and oxygen atoms in total. The number of rotatable bonds is 8. The van der Waals surface area contributed by atoms with Gasteiger partial charge < -0.3 is 15.7 Å². The number of amides is 2. The minimum Gasteiger partial charge on any atom is -0.387 e. The maximum absolute atomic E-state index is 11.7. The molecule has 0 radical (unpaired) electrons. The van der Waals surface area contributed by atoms with Crippen LogP contribution in [0.15, 0.2) is 24.3 Å². The fraction of sp³-hybridized carbons (Fsp3) is 0.500. The first-order valence-electron chi connectivity index (χ1n) is 7.55. The van der Waals surface area contributed by atoms with Crippen molar-refractivity contribution >= 4 is 23.4 Å². The summed E-state index contributed by atoms with van der Waals surface area (Å²) in [7, 11) is 0. The van der Waals surface area contributed by atoms with Gasteiger partial charge in [0.1, 0.15) is 0 Å². The second-order valence-electron chi connectivity index (χ2n) is 5.51. The molecule has 0 saturated heterocycles. The van der Waals surface area contributed by atoms with Gasteiger partial charge in [0.2, 0.25) is 11.8 Å². The molecule has 2 rings (SSSR count). The van der Waals surface area contributed by atoms with Crippen LogP contribution >= 0.6 is 11.6 Å². The predicted octanol–water partition coefficient (Wildman–Crippen LogP) is 1.80. The zero-order valence-electron chi connectivity index (χ0n) is 12.3. The van der Waals surface area contributed by atoms with Crippen LogP contribution < -0.4 is 10.6 Å². The van der Waals surface area contributed by atoms with E-state index in [-0.39, 0.29) is 24.3 Å². The molecule has 120 valence electrons. The average molecular weight is 325 g/mol. The Hall–Kier alpha value is -1.59. The fourth-order valence-corrected chi connectivity index (χ4v) is 2.37. The molecule has 0 heterocycles. The standard InChI is InChI=1S/C16H21ClN2O3/c17-13-5-2-1-4-12(13)14(20)10-19-15(21)6-3-9-18-16(22)11-7-8-11/h1-2,4-5,11,14,20H,3,6-10H2,(H,18,22)(H,19,21). The van der Waals surface area contributed by atoms with Gasteiger partial charge >= 0.3 is 0 Å². The number of nitrogens with one attached hydrogen (secondary N) is 2. The Morgan fingerprint density at radius 1 is 1.27 bits per heavy atom. The van der Waals surface area contributed by atoms with Crippen molar-refractivity contribution in [2.75, 3.05) is 13.1 Å². The van der Waals surface area contributed by atoms with Crippen LogP contribution in [0.25, 0.3) is 0 Å². The number of carbonyl (C=O) groups is 2. The molecule has 0 bridgehead atoms. The van der Waals surface area contributed by atoms with Gasteiger partial charge in [0.15, 0.2) is 0 Å². The van der Waals surface area contributed by atoms with Gasteiger partial charge in [-0.3, -0.25) is 9.59 Å². The van der Waals surface area contributed by atoms with Crippen LogP contribution in [-0.4, -0.2) is 30.0 Å². The lowest BCUT2D eigenvalue weighted by Gasteiger charge is -2.13. The number of aliphatic hydroxyl groups is 1. The molecule has 1 aromatic rings. The number of aliphatic hydroxyl groups excluding tert-OH is 1. The number of hydrogen-bond donors (Lipinski definition) is 3. The molecule has 6 heteroatoms. The van der Waals surface area contributed by atoms with Gasteiger partial charge in [-0.05, 0) is 25.3 Å². The summed E-state index contributed by atoms with van der Waals surface area (Å²) in [5, 5.41) is 16.0. The van der Waals surface area contributed by atoms with Gasteiger partial charge in [-0.1, -0.05) is 29.8 Å². The largest absolute Gasteiger partial charge is 0.387 e. The SMILES string of the molecule is O=C(CCCNC(=O)C1CC1)NCC(O)c1ccccc1Cl. The summed E-state index contributed by atoms with van der Waals surface area (Å²) in [4.78, 5) is 23.1. The van der Waals surface area contributed by atoms with Crippen LogP contribution in [0.2, 0.25) is 5.02 Å². The molecular weight excluding hydrogens is 304 g/mol. The highest BCUT2D eigenvalue weighted by atomic mass is 35.5. The van der Waals surface area contributed by atoms with Crippen LogP contribution in [-0.2, 0) is 9.59 Å². The van der Waals surface area contributed by atoms with Gasteiger partial charge in [-0.25, -0.2) is 0 Å². The summed E-state index contributed by atoms with van der Waals surface area (Å²) in [5.41, 5.74) is 0.598. The second-order valence-corrected chi connectivity index (χ2v) is 5.92. The van der Waals surface area contributed by atoms with E-state index in [1.807, 2.05) is 0 Å². The van der Waals surface area contributed by atoms with E-state index < -0.39 is 6.10 Å². The molecular formula is C16H21ClN2O3. The highest BCUT2D eigenvalue weighted by Crippen LogP contribution is 2.28. The third-order valence-electron chi connectivity index (χ3n) is 3.58. The van der Waals surface area contributed by atoms with E-state index in [1.54, 1.807) is 24.3 Å². The number of halogens is 1. The third-order valence-corrected chi connectivity index (χ3v) is 3.93. The minimum atomic E-state index is -0.827. The van der Waals surface area contributed by atoms with Crippen molar-refractivity contribution in [3.05, 3.63) is 34.9 Å². The van der Waals surface area contributed by atoms with E-state index in [4.69, 9.17) is 11.6 Å². The quantitative estimate of drug-likeness (QED) is 0.638. The summed E-state index contributed by atoms with van der Waals surface area (Å²) in [5.74, 6) is 0.140. The van der Waals surface area contributed by atoms with Crippen molar-refractivity contribution in [2.24, 2.45) is 5.92 Å². The highest BCUT2D eigenvalue weighted by molar-refractivity contribution is 6.31. The van der Waals surface area contributed by atoms with Gasteiger partial charge in [0.25, 0.3) is 0 Å².